The fourth-order valence-corrected chi connectivity index (χ4v) is 5.37. The molecule has 23 heavy (non-hydrogen) atoms. The van der Waals surface area contributed by atoms with Crippen molar-refractivity contribution >= 4 is 31.6 Å². The first kappa shape index (κ1) is 16.7. The molecule has 0 N–H and O–H groups in total. The third-order valence-electron chi connectivity index (χ3n) is 4.13. The maximum Gasteiger partial charge on any atom is 0.274 e. The van der Waals surface area contributed by atoms with E-state index in [9.17, 15) is 8.42 Å². The highest BCUT2D eigenvalue weighted by Crippen LogP contribution is 2.31. The van der Waals surface area contributed by atoms with Gasteiger partial charge in [0.05, 0.1) is 16.0 Å². The summed E-state index contributed by atoms with van der Waals surface area (Å²) < 4.78 is 32.9. The Morgan fingerprint density at radius 2 is 2.09 bits per heavy atom. The number of ether oxygens (including phenoxy) is 1. The van der Waals surface area contributed by atoms with Gasteiger partial charge >= 0.3 is 0 Å². The molecule has 126 valence electrons. The van der Waals surface area contributed by atoms with E-state index in [-0.39, 0.29) is 11.9 Å². The van der Waals surface area contributed by atoms with E-state index >= 15 is 0 Å². The summed E-state index contributed by atoms with van der Waals surface area (Å²) in [7, 11) is -3.09. The first-order chi connectivity index (χ1) is 11.0. The Kier molecular flexibility index (Phi) is 4.89. The summed E-state index contributed by atoms with van der Waals surface area (Å²) >= 11 is 1.55. The molecule has 1 aliphatic rings. The number of thiazole rings is 1. The van der Waals surface area contributed by atoms with Gasteiger partial charge in [0.2, 0.25) is 10.0 Å². The molecule has 1 aromatic carbocycles. The second-order valence-electron chi connectivity index (χ2n) is 5.93. The van der Waals surface area contributed by atoms with Crippen molar-refractivity contribution in [3.63, 3.8) is 0 Å². The Labute approximate surface area is 141 Å². The van der Waals surface area contributed by atoms with E-state index in [0.29, 0.717) is 24.7 Å². The molecule has 2 heterocycles. The van der Waals surface area contributed by atoms with Crippen molar-refractivity contribution < 1.29 is 13.2 Å². The highest BCUT2D eigenvalue weighted by Gasteiger charge is 2.28. The molecule has 1 fully saturated rings. The number of aryl methyl sites for hydroxylation is 1. The monoisotopic (exact) mass is 354 g/mol. The second kappa shape index (κ2) is 6.75. The molecule has 0 spiro atoms. The molecule has 0 amide bonds. The third-order valence-corrected chi connectivity index (χ3v) is 7.11. The van der Waals surface area contributed by atoms with Gasteiger partial charge in [0.1, 0.15) is 6.10 Å². The quantitative estimate of drug-likeness (QED) is 0.827. The topological polar surface area (TPSA) is 59.5 Å². The van der Waals surface area contributed by atoms with Crippen LogP contribution < -0.4 is 4.74 Å². The summed E-state index contributed by atoms with van der Waals surface area (Å²) in [6.45, 7) is 5.01. The number of rotatable bonds is 5. The van der Waals surface area contributed by atoms with Crippen LogP contribution in [0, 0.1) is 6.92 Å². The number of hydrogen-bond donors (Lipinski definition) is 0. The number of sulfonamides is 1. The lowest BCUT2D eigenvalue weighted by atomic mass is 10.1. The molecule has 0 radical (unpaired) electrons. The van der Waals surface area contributed by atoms with Crippen LogP contribution in [0.2, 0.25) is 0 Å². The molecular weight excluding hydrogens is 332 g/mol. The maximum absolute atomic E-state index is 12.1. The summed E-state index contributed by atoms with van der Waals surface area (Å²) in [5.41, 5.74) is 2.14. The number of benzene rings is 1. The van der Waals surface area contributed by atoms with Crippen LogP contribution in [0.25, 0.3) is 10.2 Å². The number of hydrogen-bond acceptors (Lipinski definition) is 5. The summed E-state index contributed by atoms with van der Waals surface area (Å²) in [5, 5.41) is 0.684. The Morgan fingerprint density at radius 1 is 1.35 bits per heavy atom. The van der Waals surface area contributed by atoms with E-state index in [1.165, 1.54) is 0 Å². The van der Waals surface area contributed by atoms with E-state index in [0.717, 1.165) is 28.6 Å². The highest BCUT2D eigenvalue weighted by molar-refractivity contribution is 7.89. The Hall–Kier alpha value is -1.18. The van der Waals surface area contributed by atoms with Crippen molar-refractivity contribution in [2.24, 2.45) is 0 Å². The molecule has 0 unspecified atom stereocenters. The first-order valence-corrected chi connectivity index (χ1v) is 10.4. The third kappa shape index (κ3) is 3.67. The van der Waals surface area contributed by atoms with Gasteiger partial charge in [-0.05, 0) is 37.8 Å². The molecule has 1 saturated heterocycles. The molecule has 1 aliphatic heterocycles. The van der Waals surface area contributed by atoms with Crippen LogP contribution in [-0.4, -0.2) is 42.7 Å². The van der Waals surface area contributed by atoms with Crippen molar-refractivity contribution in [1.29, 1.82) is 0 Å². The number of piperidine rings is 1. The normalized spacial score (nSPS) is 17.7. The summed E-state index contributed by atoms with van der Waals surface area (Å²) in [4.78, 5) is 4.57. The molecule has 5 nitrogen and oxygen atoms in total. The number of nitrogens with zero attached hydrogens (tertiary/aromatic N) is 2. The minimum Gasteiger partial charge on any atom is -0.467 e. The van der Waals surface area contributed by atoms with Gasteiger partial charge in [-0.2, -0.15) is 0 Å². The van der Waals surface area contributed by atoms with Gasteiger partial charge in [-0.3, -0.25) is 0 Å². The van der Waals surface area contributed by atoms with Gasteiger partial charge in [0.15, 0.2) is 0 Å². The van der Waals surface area contributed by atoms with Gasteiger partial charge in [0.25, 0.3) is 5.19 Å². The lowest BCUT2D eigenvalue weighted by Gasteiger charge is -2.30. The molecule has 3 rings (SSSR count). The summed E-state index contributed by atoms with van der Waals surface area (Å²) in [6.07, 6.45) is 2.14. The molecule has 2 aromatic rings. The Balaban J connectivity index is 1.63. The van der Waals surface area contributed by atoms with Gasteiger partial charge in [0, 0.05) is 13.1 Å². The zero-order valence-electron chi connectivity index (χ0n) is 13.5. The second-order valence-corrected chi connectivity index (χ2v) is 9.02. The van der Waals surface area contributed by atoms with Gasteiger partial charge in [-0.1, -0.05) is 30.4 Å². The van der Waals surface area contributed by atoms with Gasteiger partial charge < -0.3 is 4.74 Å². The fraction of sp³-hybridized carbons (Fsp3) is 0.562. The molecule has 0 saturated carbocycles. The lowest BCUT2D eigenvalue weighted by Crippen LogP contribution is -2.42. The minimum absolute atomic E-state index is 0.0453. The predicted molar refractivity (Wildman–Crippen MR) is 93.7 cm³/mol. The van der Waals surface area contributed by atoms with Gasteiger partial charge in [-0.15, -0.1) is 0 Å². The van der Waals surface area contributed by atoms with Crippen molar-refractivity contribution in [3.05, 3.63) is 23.8 Å². The Bertz CT molecular complexity index is 778. The largest absolute Gasteiger partial charge is 0.467 e. The minimum atomic E-state index is -3.09. The van der Waals surface area contributed by atoms with Crippen LogP contribution in [0.15, 0.2) is 18.2 Å². The van der Waals surface area contributed by atoms with Crippen LogP contribution >= 0.6 is 11.3 Å². The van der Waals surface area contributed by atoms with E-state index in [4.69, 9.17) is 4.74 Å². The average Bonchev–Trinajstić information content (AvgIpc) is 2.92. The van der Waals surface area contributed by atoms with Crippen molar-refractivity contribution in [3.8, 4) is 5.19 Å². The number of para-hydroxylation sites is 1. The van der Waals surface area contributed by atoms with Crippen LogP contribution in [-0.2, 0) is 10.0 Å². The van der Waals surface area contributed by atoms with E-state index in [2.05, 4.69) is 4.98 Å². The van der Waals surface area contributed by atoms with Crippen LogP contribution in [0.5, 0.6) is 5.19 Å². The predicted octanol–water partition coefficient (Wildman–Crippen LogP) is 3.19. The lowest BCUT2D eigenvalue weighted by molar-refractivity contribution is 0.135. The molecule has 0 bridgehead atoms. The Morgan fingerprint density at radius 3 is 2.74 bits per heavy atom. The van der Waals surface area contributed by atoms with Crippen LogP contribution in [0.1, 0.15) is 31.7 Å². The van der Waals surface area contributed by atoms with E-state index in [1.54, 1.807) is 15.6 Å². The zero-order chi connectivity index (χ0) is 16.4. The maximum atomic E-state index is 12.1. The number of fused-ring (bicyclic) bond motifs is 1. The van der Waals surface area contributed by atoms with E-state index < -0.39 is 10.0 Å². The van der Waals surface area contributed by atoms with Crippen molar-refractivity contribution in [1.82, 2.24) is 9.29 Å². The highest BCUT2D eigenvalue weighted by atomic mass is 32.2. The molecule has 7 heteroatoms. The van der Waals surface area contributed by atoms with Crippen LogP contribution in [0.4, 0.5) is 0 Å². The first-order valence-electron chi connectivity index (χ1n) is 8.00. The molecule has 0 aliphatic carbocycles. The number of aromatic nitrogens is 1. The standard InChI is InChI=1S/C16H22N2O3S2/c1-3-11-23(19,20)18-9-7-13(8-10-18)21-16-17-15-12(2)5-4-6-14(15)22-16/h4-6,13H,3,7-11H2,1-2H3. The SMILES string of the molecule is CCCS(=O)(=O)N1CCC(Oc2nc3c(C)cccc3s2)CC1. The van der Waals surface area contributed by atoms with Crippen molar-refractivity contribution in [2.75, 3.05) is 18.8 Å². The van der Waals surface area contributed by atoms with Crippen molar-refractivity contribution in [2.45, 2.75) is 39.2 Å². The van der Waals surface area contributed by atoms with E-state index in [1.807, 2.05) is 32.0 Å². The zero-order valence-corrected chi connectivity index (χ0v) is 15.1. The molecule has 1 aromatic heterocycles. The average molecular weight is 354 g/mol. The van der Waals surface area contributed by atoms with Gasteiger partial charge in [-0.25, -0.2) is 17.7 Å². The smallest absolute Gasteiger partial charge is 0.274 e. The molecular formula is C16H22N2O3S2. The summed E-state index contributed by atoms with van der Waals surface area (Å²) in [6, 6.07) is 6.12. The molecule has 0 atom stereocenters. The summed E-state index contributed by atoms with van der Waals surface area (Å²) in [5.74, 6) is 0.232. The van der Waals surface area contributed by atoms with Crippen LogP contribution in [0.3, 0.4) is 0 Å². The fourth-order valence-electron chi connectivity index (χ4n) is 2.87.